The fraction of sp³-hybridized carbons (Fsp3) is 0.618. The quantitative estimate of drug-likeness (QED) is 0.221. The molecule has 1 aliphatic rings. The molecule has 1 aromatic carbocycles. The molecule has 0 fully saturated rings. The molecule has 0 aromatic heterocycles. The number of ether oxygens (including phenoxy) is 4. The first-order chi connectivity index (χ1) is 19.7. The van der Waals surface area contributed by atoms with Crippen LogP contribution in [0.3, 0.4) is 0 Å². The Bertz CT molecular complexity index is 1110. The molecule has 1 heterocycles. The minimum atomic E-state index is -1.34. The minimum absolute atomic E-state index is 0.0453. The van der Waals surface area contributed by atoms with Crippen molar-refractivity contribution in [3.8, 4) is 5.75 Å². The van der Waals surface area contributed by atoms with E-state index in [1.54, 1.807) is 40.2 Å². The molecule has 7 nitrogen and oxygen atoms in total. The van der Waals surface area contributed by atoms with E-state index in [9.17, 15) is 14.4 Å². The van der Waals surface area contributed by atoms with E-state index in [0.717, 1.165) is 11.3 Å². The monoisotopic (exact) mass is 602 g/mol. The zero-order valence-electron chi connectivity index (χ0n) is 26.9. The van der Waals surface area contributed by atoms with E-state index in [1.165, 1.54) is 11.8 Å². The molecule has 1 unspecified atom stereocenters. The summed E-state index contributed by atoms with van der Waals surface area (Å²) in [5, 5.41) is 0. The van der Waals surface area contributed by atoms with Crippen LogP contribution in [0.4, 0.5) is 0 Å². The Morgan fingerprint density at radius 1 is 1.12 bits per heavy atom. The number of ketones is 1. The lowest BCUT2D eigenvalue weighted by atomic mass is 9.75. The maximum absolute atomic E-state index is 13.6. The van der Waals surface area contributed by atoms with Gasteiger partial charge >= 0.3 is 11.9 Å². The van der Waals surface area contributed by atoms with Crippen molar-refractivity contribution >= 4 is 29.5 Å². The Morgan fingerprint density at radius 3 is 2.31 bits per heavy atom. The van der Waals surface area contributed by atoms with Gasteiger partial charge in [0, 0.05) is 18.8 Å². The Balaban J connectivity index is 2.39. The number of cyclic esters (lactones) is 1. The highest BCUT2D eigenvalue weighted by molar-refractivity contribution is 7.99. The highest BCUT2D eigenvalue weighted by Gasteiger charge is 2.42. The standard InChI is InChI=1S/C34H50O7S/c1-11-28-22(3)17-33(7,39-10)18-23(4)31(36)24(5)19-34(8,29(12-2)40-32(37)25(28)6)41-30(35)21-42-20-26-13-15-27(38-9)16-14-26/h11,13-16,19,22-23,25,28-29H,1,12,17-18,20-21H2,2-10H3/b24-19+/t22-,23-,25-,28?,29-,33+,34+/m1/s1. The fourth-order valence-electron chi connectivity index (χ4n) is 6.07. The number of hydrogen-bond acceptors (Lipinski definition) is 8. The van der Waals surface area contributed by atoms with Gasteiger partial charge in [0.15, 0.2) is 11.4 Å². The maximum atomic E-state index is 13.6. The molecule has 42 heavy (non-hydrogen) atoms. The first-order valence-electron chi connectivity index (χ1n) is 14.8. The Hall–Kier alpha value is -2.58. The average molecular weight is 603 g/mol. The Kier molecular flexibility index (Phi) is 13.4. The van der Waals surface area contributed by atoms with Crippen LogP contribution >= 0.6 is 11.8 Å². The van der Waals surface area contributed by atoms with Gasteiger partial charge in [0.05, 0.1) is 24.4 Å². The zero-order chi connectivity index (χ0) is 31.7. The normalized spacial score (nSPS) is 32.6. The van der Waals surface area contributed by atoms with E-state index in [2.05, 4.69) is 13.5 Å². The summed E-state index contributed by atoms with van der Waals surface area (Å²) in [6.07, 6.45) is 4.24. The molecule has 0 bridgehead atoms. The molecule has 0 saturated heterocycles. The van der Waals surface area contributed by atoms with Crippen molar-refractivity contribution in [3.63, 3.8) is 0 Å². The number of carbonyl (C=O) groups excluding carboxylic acids is 3. The molecule has 0 radical (unpaired) electrons. The lowest BCUT2D eigenvalue weighted by Gasteiger charge is -2.38. The smallest absolute Gasteiger partial charge is 0.316 e. The number of benzene rings is 1. The van der Waals surface area contributed by atoms with E-state index in [0.29, 0.717) is 30.6 Å². The molecule has 0 N–H and O–H groups in total. The van der Waals surface area contributed by atoms with Crippen LogP contribution in [-0.2, 0) is 34.3 Å². The van der Waals surface area contributed by atoms with Gasteiger partial charge in [-0.25, -0.2) is 0 Å². The van der Waals surface area contributed by atoms with Gasteiger partial charge in [-0.15, -0.1) is 18.3 Å². The molecule has 1 aromatic rings. The van der Waals surface area contributed by atoms with E-state index < -0.39 is 35.2 Å². The van der Waals surface area contributed by atoms with Gasteiger partial charge in [-0.3, -0.25) is 14.4 Å². The largest absolute Gasteiger partial charge is 0.497 e. The molecule has 1 aliphatic heterocycles. The third-order valence-corrected chi connectivity index (χ3v) is 9.43. The van der Waals surface area contributed by atoms with E-state index in [-0.39, 0.29) is 29.3 Å². The van der Waals surface area contributed by atoms with E-state index in [1.807, 2.05) is 52.0 Å². The van der Waals surface area contributed by atoms with Crippen molar-refractivity contribution in [1.29, 1.82) is 0 Å². The van der Waals surface area contributed by atoms with Crippen molar-refractivity contribution in [2.75, 3.05) is 20.0 Å². The molecular weight excluding hydrogens is 552 g/mol. The number of allylic oxidation sites excluding steroid dienone is 2. The summed E-state index contributed by atoms with van der Waals surface area (Å²) in [6.45, 7) is 17.2. The number of esters is 2. The number of rotatable bonds is 9. The van der Waals surface area contributed by atoms with Gasteiger partial charge < -0.3 is 18.9 Å². The van der Waals surface area contributed by atoms with Crippen molar-refractivity contribution in [3.05, 3.63) is 54.1 Å². The Labute approximate surface area is 256 Å². The summed E-state index contributed by atoms with van der Waals surface area (Å²) in [6, 6.07) is 7.66. The Morgan fingerprint density at radius 2 is 1.76 bits per heavy atom. The number of thioether (sulfide) groups is 1. The average Bonchev–Trinajstić information content (AvgIpc) is 2.95. The van der Waals surface area contributed by atoms with Crippen LogP contribution in [0.5, 0.6) is 5.75 Å². The molecule has 0 spiro atoms. The van der Waals surface area contributed by atoms with Crippen LogP contribution in [0, 0.1) is 23.7 Å². The van der Waals surface area contributed by atoms with Crippen LogP contribution in [-0.4, -0.2) is 55.0 Å². The summed E-state index contributed by atoms with van der Waals surface area (Å²) < 4.78 is 23.3. The van der Waals surface area contributed by atoms with E-state index >= 15 is 0 Å². The third-order valence-electron chi connectivity index (χ3n) is 8.45. The van der Waals surface area contributed by atoms with Crippen LogP contribution in [0.1, 0.15) is 73.3 Å². The summed E-state index contributed by atoms with van der Waals surface area (Å²) in [4.78, 5) is 40.2. The molecule has 2 rings (SSSR count). The van der Waals surface area contributed by atoms with Gasteiger partial charge in [0.25, 0.3) is 0 Å². The van der Waals surface area contributed by atoms with Crippen LogP contribution in [0.15, 0.2) is 48.6 Å². The molecule has 8 heteroatoms. The van der Waals surface area contributed by atoms with Crippen LogP contribution in [0.2, 0.25) is 0 Å². The number of Topliss-reactive ketones (excluding diaryl/α,β-unsaturated/α-hetero) is 1. The summed E-state index contributed by atoms with van der Waals surface area (Å²) in [7, 11) is 3.28. The molecule has 0 saturated carbocycles. The summed E-state index contributed by atoms with van der Waals surface area (Å²) >= 11 is 1.42. The van der Waals surface area contributed by atoms with E-state index in [4.69, 9.17) is 18.9 Å². The van der Waals surface area contributed by atoms with Crippen molar-refractivity contribution in [2.24, 2.45) is 23.7 Å². The first-order valence-corrected chi connectivity index (χ1v) is 15.9. The second-order valence-corrected chi connectivity index (χ2v) is 13.1. The van der Waals surface area contributed by atoms with Gasteiger partial charge in [-0.05, 0) is 81.2 Å². The maximum Gasteiger partial charge on any atom is 0.316 e. The molecule has 234 valence electrons. The summed E-state index contributed by atoms with van der Waals surface area (Å²) in [5.41, 5.74) is -0.409. The van der Waals surface area contributed by atoms with Crippen molar-refractivity contribution in [2.45, 2.75) is 90.8 Å². The van der Waals surface area contributed by atoms with Crippen molar-refractivity contribution < 1.29 is 33.3 Å². The molecule has 7 atom stereocenters. The highest BCUT2D eigenvalue weighted by Crippen LogP contribution is 2.37. The minimum Gasteiger partial charge on any atom is -0.497 e. The van der Waals surface area contributed by atoms with Gasteiger partial charge in [-0.1, -0.05) is 45.9 Å². The third kappa shape index (κ3) is 9.46. The molecule has 0 aliphatic carbocycles. The second kappa shape index (κ2) is 15.8. The van der Waals surface area contributed by atoms with Crippen LogP contribution in [0.25, 0.3) is 0 Å². The molecular formula is C34H50O7S. The topological polar surface area (TPSA) is 88.1 Å². The number of carbonyl (C=O) groups is 3. The SMILES string of the molecule is C=CC1[C@H](C)C[C@](C)(OC)C[C@@H](C)C(=O)/C(C)=C/[C@](C)(OC(=O)CSCc2ccc(OC)cc2)[C@@H](CC)OC(=O)[C@@H]1C. The lowest BCUT2D eigenvalue weighted by Crippen LogP contribution is -2.47. The number of methoxy groups -OCH3 is 2. The first kappa shape index (κ1) is 35.6. The van der Waals surface area contributed by atoms with Gasteiger partial charge in [0.1, 0.15) is 11.9 Å². The van der Waals surface area contributed by atoms with Gasteiger partial charge in [0.2, 0.25) is 0 Å². The predicted octanol–water partition coefficient (Wildman–Crippen LogP) is 6.98. The lowest BCUT2D eigenvalue weighted by molar-refractivity contribution is -0.178. The number of hydrogen-bond donors (Lipinski definition) is 0. The highest BCUT2D eigenvalue weighted by atomic mass is 32.2. The van der Waals surface area contributed by atoms with Crippen LogP contribution < -0.4 is 4.74 Å². The fourth-order valence-corrected chi connectivity index (χ4v) is 6.83. The second-order valence-electron chi connectivity index (χ2n) is 12.1. The zero-order valence-corrected chi connectivity index (χ0v) is 27.7. The molecule has 0 amide bonds. The van der Waals surface area contributed by atoms with Gasteiger partial charge in [-0.2, -0.15) is 0 Å². The summed E-state index contributed by atoms with van der Waals surface area (Å²) in [5.74, 6) is -0.345. The predicted molar refractivity (Wildman–Crippen MR) is 168 cm³/mol. The van der Waals surface area contributed by atoms with Crippen molar-refractivity contribution in [1.82, 2.24) is 0 Å².